The van der Waals surface area contributed by atoms with Gasteiger partial charge < -0.3 is 5.32 Å². The average Bonchev–Trinajstić information content (AvgIpc) is 2.22. The molecule has 0 radical (unpaired) electrons. The van der Waals surface area contributed by atoms with Crippen LogP contribution >= 0.6 is 12.2 Å². The Morgan fingerprint density at radius 1 is 1.29 bits per heavy atom. The first-order valence-corrected chi connectivity index (χ1v) is 6.10. The van der Waals surface area contributed by atoms with Gasteiger partial charge in [-0.25, -0.2) is 0 Å². The standard InChI is InChI=1S/C13H19N3S/c1-5-14-13(17)16-15-8-12-10(3)6-9(2)7-11(12)4/h6-8H,5H2,1-4H3,(H2,14,16,17)/b15-8-. The second kappa shape index (κ2) is 6.35. The summed E-state index contributed by atoms with van der Waals surface area (Å²) >= 11 is 5.02. The Labute approximate surface area is 108 Å². The normalized spacial score (nSPS) is 10.6. The summed E-state index contributed by atoms with van der Waals surface area (Å²) in [6, 6.07) is 4.30. The molecule has 0 aliphatic rings. The highest BCUT2D eigenvalue weighted by molar-refractivity contribution is 7.80. The summed E-state index contributed by atoms with van der Waals surface area (Å²) in [5, 5.41) is 7.66. The van der Waals surface area contributed by atoms with E-state index >= 15 is 0 Å². The number of thiocarbonyl (C=S) groups is 1. The second-order valence-corrected chi connectivity index (χ2v) is 4.45. The van der Waals surface area contributed by atoms with Crippen molar-refractivity contribution in [3.05, 3.63) is 34.4 Å². The van der Waals surface area contributed by atoms with Gasteiger partial charge in [-0.15, -0.1) is 0 Å². The molecule has 0 fully saturated rings. The monoisotopic (exact) mass is 249 g/mol. The zero-order valence-electron chi connectivity index (χ0n) is 10.8. The van der Waals surface area contributed by atoms with E-state index in [1.807, 2.05) is 13.1 Å². The van der Waals surface area contributed by atoms with Gasteiger partial charge in [0.15, 0.2) is 5.11 Å². The van der Waals surface area contributed by atoms with Crippen LogP contribution < -0.4 is 10.7 Å². The van der Waals surface area contributed by atoms with E-state index in [-0.39, 0.29) is 0 Å². The molecule has 3 nitrogen and oxygen atoms in total. The highest BCUT2D eigenvalue weighted by atomic mass is 32.1. The molecular formula is C13H19N3S. The summed E-state index contributed by atoms with van der Waals surface area (Å²) in [7, 11) is 0. The van der Waals surface area contributed by atoms with Crippen molar-refractivity contribution in [3.63, 3.8) is 0 Å². The Kier molecular flexibility index (Phi) is 5.10. The lowest BCUT2D eigenvalue weighted by Gasteiger charge is -2.07. The molecule has 92 valence electrons. The Morgan fingerprint density at radius 3 is 2.41 bits per heavy atom. The van der Waals surface area contributed by atoms with Crippen molar-refractivity contribution in [1.82, 2.24) is 10.7 Å². The van der Waals surface area contributed by atoms with Crippen LogP contribution in [-0.4, -0.2) is 17.9 Å². The van der Waals surface area contributed by atoms with Crippen molar-refractivity contribution < 1.29 is 0 Å². The topological polar surface area (TPSA) is 36.4 Å². The van der Waals surface area contributed by atoms with Crippen LogP contribution in [0, 0.1) is 20.8 Å². The van der Waals surface area contributed by atoms with E-state index in [0.717, 1.165) is 12.1 Å². The maximum Gasteiger partial charge on any atom is 0.186 e. The summed E-state index contributed by atoms with van der Waals surface area (Å²) in [6.07, 6.45) is 1.81. The molecule has 0 saturated heterocycles. The van der Waals surface area contributed by atoms with Gasteiger partial charge >= 0.3 is 0 Å². The van der Waals surface area contributed by atoms with Crippen LogP contribution in [0.25, 0.3) is 0 Å². The molecule has 1 aromatic carbocycles. The van der Waals surface area contributed by atoms with Crippen molar-refractivity contribution in [3.8, 4) is 0 Å². The first-order chi connectivity index (χ1) is 8.04. The number of benzene rings is 1. The fourth-order valence-electron chi connectivity index (χ4n) is 1.75. The number of hydrogen-bond acceptors (Lipinski definition) is 2. The molecular weight excluding hydrogens is 230 g/mol. The van der Waals surface area contributed by atoms with E-state index in [4.69, 9.17) is 12.2 Å². The van der Waals surface area contributed by atoms with E-state index in [0.29, 0.717) is 5.11 Å². The zero-order chi connectivity index (χ0) is 12.8. The van der Waals surface area contributed by atoms with Crippen LogP contribution in [0.15, 0.2) is 17.2 Å². The Hall–Kier alpha value is -1.42. The lowest BCUT2D eigenvalue weighted by atomic mass is 10.0. The molecule has 0 spiro atoms. The van der Waals surface area contributed by atoms with Gasteiger partial charge in [-0.3, -0.25) is 5.43 Å². The third kappa shape index (κ3) is 4.15. The molecule has 17 heavy (non-hydrogen) atoms. The molecule has 0 atom stereocenters. The van der Waals surface area contributed by atoms with Gasteiger partial charge in [-0.05, 0) is 51.0 Å². The van der Waals surface area contributed by atoms with Crippen molar-refractivity contribution in [2.45, 2.75) is 27.7 Å². The minimum Gasteiger partial charge on any atom is -0.362 e. The summed E-state index contributed by atoms with van der Waals surface area (Å²) in [6.45, 7) is 9.06. The SMILES string of the molecule is CCNC(=S)N/N=C\c1c(C)cc(C)cc1C. The van der Waals surface area contributed by atoms with Crippen molar-refractivity contribution >= 4 is 23.5 Å². The van der Waals surface area contributed by atoms with E-state index in [9.17, 15) is 0 Å². The quantitative estimate of drug-likeness (QED) is 0.491. The van der Waals surface area contributed by atoms with Gasteiger partial charge in [-0.1, -0.05) is 17.7 Å². The van der Waals surface area contributed by atoms with Crippen molar-refractivity contribution in [2.75, 3.05) is 6.54 Å². The Morgan fingerprint density at radius 2 is 1.88 bits per heavy atom. The second-order valence-electron chi connectivity index (χ2n) is 4.04. The molecule has 0 heterocycles. The smallest absolute Gasteiger partial charge is 0.186 e. The molecule has 0 aliphatic carbocycles. The highest BCUT2D eigenvalue weighted by Gasteiger charge is 2.00. The minimum atomic E-state index is 0.547. The van der Waals surface area contributed by atoms with Crippen LogP contribution in [0.2, 0.25) is 0 Å². The van der Waals surface area contributed by atoms with Gasteiger partial charge in [-0.2, -0.15) is 5.10 Å². The molecule has 0 saturated carbocycles. The van der Waals surface area contributed by atoms with Crippen LogP contribution in [0.3, 0.4) is 0 Å². The molecule has 0 unspecified atom stereocenters. The fourth-order valence-corrected chi connectivity index (χ4v) is 1.95. The summed E-state index contributed by atoms with van der Waals surface area (Å²) in [5.41, 5.74) is 7.65. The first kappa shape index (κ1) is 13.6. The van der Waals surface area contributed by atoms with Crippen LogP contribution in [0.1, 0.15) is 29.2 Å². The maximum absolute atomic E-state index is 5.02. The van der Waals surface area contributed by atoms with E-state index < -0.39 is 0 Å². The van der Waals surface area contributed by atoms with E-state index in [1.54, 1.807) is 0 Å². The molecule has 2 N–H and O–H groups in total. The van der Waals surface area contributed by atoms with Crippen LogP contribution in [0.5, 0.6) is 0 Å². The lowest BCUT2D eigenvalue weighted by molar-refractivity contribution is 0.904. The first-order valence-electron chi connectivity index (χ1n) is 5.69. The predicted molar refractivity (Wildman–Crippen MR) is 77.7 cm³/mol. The van der Waals surface area contributed by atoms with Gasteiger partial charge in [0, 0.05) is 12.1 Å². The summed E-state index contributed by atoms with van der Waals surface area (Å²) in [4.78, 5) is 0. The Bertz CT molecular complexity index is 415. The largest absolute Gasteiger partial charge is 0.362 e. The summed E-state index contributed by atoms with van der Waals surface area (Å²) < 4.78 is 0. The predicted octanol–water partition coefficient (Wildman–Crippen LogP) is 2.43. The lowest BCUT2D eigenvalue weighted by Crippen LogP contribution is -2.31. The number of hydrazone groups is 1. The van der Waals surface area contributed by atoms with Crippen LogP contribution in [-0.2, 0) is 0 Å². The molecule has 1 rings (SSSR count). The van der Waals surface area contributed by atoms with Gasteiger partial charge in [0.1, 0.15) is 0 Å². The number of hydrogen-bond donors (Lipinski definition) is 2. The Balaban J connectivity index is 2.75. The minimum absolute atomic E-state index is 0.547. The third-order valence-corrected chi connectivity index (χ3v) is 2.67. The average molecular weight is 249 g/mol. The van der Waals surface area contributed by atoms with Gasteiger partial charge in [0.05, 0.1) is 6.21 Å². The van der Waals surface area contributed by atoms with E-state index in [2.05, 4.69) is 48.7 Å². The van der Waals surface area contributed by atoms with Gasteiger partial charge in [0.25, 0.3) is 0 Å². The molecule has 0 bridgehead atoms. The number of aryl methyl sites for hydroxylation is 3. The van der Waals surface area contributed by atoms with Gasteiger partial charge in [0.2, 0.25) is 0 Å². The van der Waals surface area contributed by atoms with Crippen molar-refractivity contribution in [1.29, 1.82) is 0 Å². The molecule has 1 aromatic rings. The molecule has 0 aromatic heterocycles. The zero-order valence-corrected chi connectivity index (χ0v) is 11.6. The van der Waals surface area contributed by atoms with Crippen molar-refractivity contribution in [2.24, 2.45) is 5.10 Å². The fraction of sp³-hybridized carbons (Fsp3) is 0.385. The molecule has 0 amide bonds. The number of nitrogens with one attached hydrogen (secondary N) is 2. The summed E-state index contributed by atoms with van der Waals surface area (Å²) in [5.74, 6) is 0. The number of nitrogens with zero attached hydrogens (tertiary/aromatic N) is 1. The van der Waals surface area contributed by atoms with Crippen LogP contribution in [0.4, 0.5) is 0 Å². The molecule has 4 heteroatoms. The highest BCUT2D eigenvalue weighted by Crippen LogP contribution is 2.13. The third-order valence-electron chi connectivity index (χ3n) is 2.44. The molecule has 0 aliphatic heterocycles. The maximum atomic E-state index is 5.02. The van der Waals surface area contributed by atoms with E-state index in [1.165, 1.54) is 16.7 Å². The number of rotatable bonds is 3.